The van der Waals surface area contributed by atoms with Crippen molar-refractivity contribution in [3.63, 3.8) is 0 Å². The number of thiocarbonyl (C=S) groups is 1. The van der Waals surface area contributed by atoms with Gasteiger partial charge in [-0.25, -0.2) is 4.98 Å². The van der Waals surface area contributed by atoms with E-state index >= 15 is 0 Å². The maximum absolute atomic E-state index is 11.9. The number of H-pyrrole nitrogens is 1. The van der Waals surface area contributed by atoms with Crippen molar-refractivity contribution in [2.45, 2.75) is 26.7 Å². The minimum Gasteiger partial charge on any atom is -0.393 e. The standard InChI is InChI=1S/C12H20N4OS/c1-8(2)10(11(13)18)12(17)16-5-3-4-9-14-6-7-15-9/h6-8,10H,3-5H2,1-2H3,(H2,13,18)(H,14,15)(H,16,17). The highest BCUT2D eigenvalue weighted by Gasteiger charge is 2.24. The van der Waals surface area contributed by atoms with Crippen molar-refractivity contribution in [3.05, 3.63) is 18.2 Å². The fraction of sp³-hybridized carbons (Fsp3) is 0.583. The van der Waals surface area contributed by atoms with Crippen molar-refractivity contribution >= 4 is 23.1 Å². The Morgan fingerprint density at radius 1 is 1.61 bits per heavy atom. The van der Waals surface area contributed by atoms with Gasteiger partial charge in [0.25, 0.3) is 0 Å². The second-order valence-corrected chi connectivity index (χ2v) is 5.03. The Balaban J connectivity index is 2.29. The summed E-state index contributed by atoms with van der Waals surface area (Å²) in [5.74, 6) is 0.576. The van der Waals surface area contributed by atoms with Gasteiger partial charge >= 0.3 is 0 Å². The molecule has 5 nitrogen and oxygen atoms in total. The number of nitrogens with two attached hydrogens (primary N) is 1. The van der Waals surface area contributed by atoms with Crippen LogP contribution in [-0.2, 0) is 11.2 Å². The lowest BCUT2D eigenvalue weighted by molar-refractivity contribution is -0.123. The molecule has 1 amide bonds. The van der Waals surface area contributed by atoms with E-state index in [1.54, 1.807) is 12.4 Å². The number of hydrogen-bond donors (Lipinski definition) is 3. The minimum absolute atomic E-state index is 0.0862. The van der Waals surface area contributed by atoms with Gasteiger partial charge in [-0.15, -0.1) is 0 Å². The summed E-state index contributed by atoms with van der Waals surface area (Å²) in [7, 11) is 0. The fourth-order valence-electron chi connectivity index (χ4n) is 1.77. The first-order chi connectivity index (χ1) is 8.52. The highest BCUT2D eigenvalue weighted by molar-refractivity contribution is 7.80. The first-order valence-corrected chi connectivity index (χ1v) is 6.48. The number of aromatic nitrogens is 2. The Morgan fingerprint density at radius 2 is 2.33 bits per heavy atom. The summed E-state index contributed by atoms with van der Waals surface area (Å²) in [4.78, 5) is 19.3. The lowest BCUT2D eigenvalue weighted by Crippen LogP contribution is -2.41. The van der Waals surface area contributed by atoms with Crippen LogP contribution in [0.4, 0.5) is 0 Å². The minimum atomic E-state index is -0.386. The largest absolute Gasteiger partial charge is 0.393 e. The molecule has 0 aliphatic rings. The zero-order valence-corrected chi connectivity index (χ0v) is 11.6. The summed E-state index contributed by atoms with van der Waals surface area (Å²) in [5, 5.41) is 2.86. The maximum Gasteiger partial charge on any atom is 0.230 e. The number of rotatable bonds is 7. The SMILES string of the molecule is CC(C)C(C(=O)NCCCc1ncc[nH]1)C(N)=S. The van der Waals surface area contributed by atoms with Crippen LogP contribution in [-0.4, -0.2) is 27.4 Å². The van der Waals surface area contributed by atoms with Gasteiger partial charge in [0.1, 0.15) is 5.82 Å². The molecule has 1 aromatic heterocycles. The molecule has 0 fully saturated rings. The van der Waals surface area contributed by atoms with Crippen LogP contribution in [0.25, 0.3) is 0 Å². The quantitative estimate of drug-likeness (QED) is 0.509. The maximum atomic E-state index is 11.9. The van der Waals surface area contributed by atoms with Crippen LogP contribution in [0.5, 0.6) is 0 Å². The van der Waals surface area contributed by atoms with Gasteiger partial charge in [-0.1, -0.05) is 26.1 Å². The van der Waals surface area contributed by atoms with E-state index in [4.69, 9.17) is 18.0 Å². The fourth-order valence-corrected chi connectivity index (χ4v) is 2.15. The first-order valence-electron chi connectivity index (χ1n) is 6.07. The molecule has 100 valence electrons. The number of carbonyl (C=O) groups excluding carboxylic acids is 1. The van der Waals surface area contributed by atoms with Gasteiger partial charge in [0, 0.05) is 25.4 Å². The van der Waals surface area contributed by atoms with Crippen molar-refractivity contribution in [1.29, 1.82) is 0 Å². The average molecular weight is 268 g/mol. The van der Waals surface area contributed by atoms with E-state index in [2.05, 4.69) is 15.3 Å². The molecular weight excluding hydrogens is 248 g/mol. The molecule has 0 spiro atoms. The van der Waals surface area contributed by atoms with Crippen molar-refractivity contribution in [2.24, 2.45) is 17.6 Å². The number of aromatic amines is 1. The van der Waals surface area contributed by atoms with Crippen molar-refractivity contribution < 1.29 is 4.79 Å². The number of carbonyl (C=O) groups is 1. The average Bonchev–Trinajstić information content (AvgIpc) is 2.76. The van der Waals surface area contributed by atoms with Crippen LogP contribution in [0, 0.1) is 11.8 Å². The normalized spacial score (nSPS) is 12.4. The Bertz CT molecular complexity index is 389. The molecule has 6 heteroatoms. The third-order valence-corrected chi connectivity index (χ3v) is 2.95. The molecule has 0 aliphatic heterocycles. The molecule has 0 aliphatic carbocycles. The molecule has 0 saturated carbocycles. The van der Waals surface area contributed by atoms with Crippen molar-refractivity contribution in [1.82, 2.24) is 15.3 Å². The summed E-state index contributed by atoms with van der Waals surface area (Å²) < 4.78 is 0. The number of nitrogens with zero attached hydrogens (tertiary/aromatic N) is 1. The Hall–Kier alpha value is -1.43. The van der Waals surface area contributed by atoms with Gasteiger partial charge in [0.2, 0.25) is 5.91 Å². The molecule has 0 bridgehead atoms. The van der Waals surface area contributed by atoms with Crippen LogP contribution in [0.3, 0.4) is 0 Å². The molecule has 0 saturated heterocycles. The zero-order valence-electron chi connectivity index (χ0n) is 10.8. The van der Waals surface area contributed by atoms with Crippen LogP contribution in [0.2, 0.25) is 0 Å². The molecule has 4 N–H and O–H groups in total. The van der Waals surface area contributed by atoms with Gasteiger partial charge in [0.05, 0.1) is 10.9 Å². The van der Waals surface area contributed by atoms with Crippen molar-refractivity contribution in [3.8, 4) is 0 Å². The zero-order chi connectivity index (χ0) is 13.5. The van der Waals surface area contributed by atoms with E-state index in [-0.39, 0.29) is 22.7 Å². The van der Waals surface area contributed by atoms with Gasteiger partial charge < -0.3 is 16.0 Å². The molecule has 0 radical (unpaired) electrons. The predicted molar refractivity (Wildman–Crippen MR) is 75.0 cm³/mol. The molecule has 1 atom stereocenters. The van der Waals surface area contributed by atoms with Gasteiger partial charge in [-0.05, 0) is 12.3 Å². The van der Waals surface area contributed by atoms with Gasteiger partial charge in [0.15, 0.2) is 0 Å². The molecule has 1 rings (SSSR count). The predicted octanol–water partition coefficient (Wildman–Crippen LogP) is 1.02. The van der Waals surface area contributed by atoms with Crippen LogP contribution in [0.1, 0.15) is 26.1 Å². The van der Waals surface area contributed by atoms with Gasteiger partial charge in [-0.2, -0.15) is 0 Å². The summed E-state index contributed by atoms with van der Waals surface area (Å²) in [6.45, 7) is 4.48. The van der Waals surface area contributed by atoms with Crippen LogP contribution < -0.4 is 11.1 Å². The number of aryl methyl sites for hydroxylation is 1. The smallest absolute Gasteiger partial charge is 0.230 e. The molecule has 1 aromatic rings. The lowest BCUT2D eigenvalue weighted by atomic mass is 9.95. The summed E-state index contributed by atoms with van der Waals surface area (Å²) in [6, 6.07) is 0. The molecule has 1 unspecified atom stereocenters. The van der Waals surface area contributed by atoms with E-state index in [0.29, 0.717) is 6.54 Å². The summed E-state index contributed by atoms with van der Waals surface area (Å²) in [6.07, 6.45) is 5.15. The Kier molecular flexibility index (Phi) is 5.77. The third kappa shape index (κ3) is 4.44. The van der Waals surface area contributed by atoms with Crippen LogP contribution in [0.15, 0.2) is 12.4 Å². The van der Waals surface area contributed by atoms with Crippen molar-refractivity contribution in [2.75, 3.05) is 6.54 Å². The molecule has 18 heavy (non-hydrogen) atoms. The number of hydrogen-bond acceptors (Lipinski definition) is 3. The Morgan fingerprint density at radius 3 is 2.83 bits per heavy atom. The summed E-state index contributed by atoms with van der Waals surface area (Å²) in [5.41, 5.74) is 5.58. The number of amides is 1. The van der Waals surface area contributed by atoms with E-state index < -0.39 is 0 Å². The number of imidazole rings is 1. The first kappa shape index (κ1) is 14.6. The second-order valence-electron chi connectivity index (χ2n) is 4.55. The molecule has 0 aromatic carbocycles. The van der Waals surface area contributed by atoms with E-state index in [9.17, 15) is 4.79 Å². The summed E-state index contributed by atoms with van der Waals surface area (Å²) >= 11 is 4.92. The van der Waals surface area contributed by atoms with E-state index in [1.807, 2.05) is 13.8 Å². The monoisotopic (exact) mass is 268 g/mol. The highest BCUT2D eigenvalue weighted by atomic mass is 32.1. The van der Waals surface area contributed by atoms with Crippen LogP contribution >= 0.6 is 12.2 Å². The molecule has 1 heterocycles. The highest BCUT2D eigenvalue weighted by Crippen LogP contribution is 2.11. The second kappa shape index (κ2) is 7.10. The Labute approximate surface area is 113 Å². The van der Waals surface area contributed by atoms with E-state index in [0.717, 1.165) is 18.7 Å². The van der Waals surface area contributed by atoms with Gasteiger partial charge in [-0.3, -0.25) is 4.79 Å². The lowest BCUT2D eigenvalue weighted by Gasteiger charge is -2.18. The topological polar surface area (TPSA) is 83.8 Å². The van der Waals surface area contributed by atoms with E-state index in [1.165, 1.54) is 0 Å². The number of nitrogens with one attached hydrogen (secondary N) is 2. The third-order valence-electron chi connectivity index (χ3n) is 2.70. The molecular formula is C12H20N4OS.